The standard InChI is InChI=1S/C40H50F2N10O9/c41-40(42)18-26(19-43)52(25-40)33(56)20-45-37(61)28-6-11-44-36-27(28)2-1-3-29(36)46-30(53)4-5-31(54)47-38-7-9-39(24-38,10-8-38)48-32(55)21-49-12-14-50(22-34(57)58)16-17-51(15-13-49)23-35(59)60/h1-3,6,11,26H,4-5,7-10,12-18,20-25H2,(H,45,61)(H,46,53)(H,47,54)(H,48,55)(H,57,58)(H,59,60). The number of benzene rings is 1. The number of carbonyl (C=O) groups excluding carboxylic acids is 5. The number of carbonyl (C=O) groups is 7. The Balaban J connectivity index is 0.974. The lowest BCUT2D eigenvalue weighted by atomic mass is 9.91. The number of nitrogens with one attached hydrogen (secondary N) is 4. The third-order valence-electron chi connectivity index (χ3n) is 11.9. The SMILES string of the molecule is N#CC1CC(F)(F)CN1C(=O)CNC(=O)c1ccnc2c(NC(=O)CCC(=O)NC34CCC(NC(=O)CN5CCN(CC(=O)O)CCN(CC(=O)O)CC5)(CC3)C4)cccc12. The topological polar surface area (TPSA) is 258 Å². The van der Waals surface area contributed by atoms with Gasteiger partial charge in [0.25, 0.3) is 11.8 Å². The van der Waals surface area contributed by atoms with Crippen LogP contribution in [0.15, 0.2) is 30.5 Å². The molecule has 2 aliphatic heterocycles. The number of hydrogen-bond acceptors (Lipinski definition) is 12. The molecule has 3 heterocycles. The zero-order valence-electron chi connectivity index (χ0n) is 33.6. The molecule has 19 nitrogen and oxygen atoms in total. The Kier molecular flexibility index (Phi) is 13.8. The number of aromatic nitrogens is 1. The fourth-order valence-electron chi connectivity index (χ4n) is 8.95. The zero-order chi connectivity index (χ0) is 44.0. The number of carboxylic acids is 2. The van der Waals surface area contributed by atoms with Gasteiger partial charge in [-0.25, -0.2) is 8.78 Å². The first-order valence-electron chi connectivity index (χ1n) is 20.2. The monoisotopic (exact) mass is 852 g/mol. The number of likely N-dealkylation sites (tertiary alicyclic amines) is 1. The summed E-state index contributed by atoms with van der Waals surface area (Å²) in [5.41, 5.74) is -0.397. The lowest BCUT2D eigenvalue weighted by molar-refractivity contribution is -0.140. The van der Waals surface area contributed by atoms with Crippen LogP contribution >= 0.6 is 0 Å². The molecule has 6 rings (SSSR count). The Morgan fingerprint density at radius 3 is 1.92 bits per heavy atom. The van der Waals surface area contributed by atoms with Crippen LogP contribution in [0, 0.1) is 11.3 Å². The van der Waals surface area contributed by atoms with E-state index in [9.17, 15) is 57.8 Å². The molecular formula is C40H50F2N10O9. The van der Waals surface area contributed by atoms with Gasteiger partial charge in [-0.05, 0) is 44.2 Å². The van der Waals surface area contributed by atoms with Gasteiger partial charge in [0.15, 0.2) is 0 Å². The van der Waals surface area contributed by atoms with Crippen molar-refractivity contribution in [2.24, 2.45) is 0 Å². The van der Waals surface area contributed by atoms with Crippen LogP contribution in [0.25, 0.3) is 10.9 Å². The van der Waals surface area contributed by atoms with Crippen molar-refractivity contribution in [1.82, 2.24) is 40.5 Å². The van der Waals surface area contributed by atoms with Crippen LogP contribution < -0.4 is 21.3 Å². The number of rotatable bonds is 15. The molecule has 2 saturated heterocycles. The molecule has 2 aromatic rings. The molecule has 1 aromatic carbocycles. The van der Waals surface area contributed by atoms with Gasteiger partial charge in [0.2, 0.25) is 23.6 Å². The van der Waals surface area contributed by atoms with Crippen LogP contribution in [0.4, 0.5) is 14.5 Å². The van der Waals surface area contributed by atoms with Crippen molar-refractivity contribution in [3.8, 4) is 6.07 Å². The predicted molar refractivity (Wildman–Crippen MR) is 212 cm³/mol. The molecule has 0 spiro atoms. The Bertz CT molecular complexity index is 2060. The minimum Gasteiger partial charge on any atom is -0.480 e. The normalized spacial score (nSPS) is 24.2. The Hall–Kier alpha value is -5.85. The molecule has 61 heavy (non-hydrogen) atoms. The second-order valence-electron chi connectivity index (χ2n) is 16.5. The number of hydrogen-bond donors (Lipinski definition) is 6. The number of para-hydroxylation sites is 1. The van der Waals surface area contributed by atoms with E-state index in [0.29, 0.717) is 76.8 Å². The summed E-state index contributed by atoms with van der Waals surface area (Å²) in [4.78, 5) is 98.6. The largest absolute Gasteiger partial charge is 0.480 e. The number of pyridine rings is 1. The summed E-state index contributed by atoms with van der Waals surface area (Å²) in [5, 5.41) is 39.7. The van der Waals surface area contributed by atoms with Crippen LogP contribution in [-0.2, 0) is 28.8 Å². The maximum absolute atomic E-state index is 13.8. The summed E-state index contributed by atoms with van der Waals surface area (Å²) in [7, 11) is 0. The van der Waals surface area contributed by atoms with E-state index >= 15 is 0 Å². The van der Waals surface area contributed by atoms with E-state index in [4.69, 9.17) is 0 Å². The summed E-state index contributed by atoms with van der Waals surface area (Å²) >= 11 is 0. The second-order valence-corrected chi connectivity index (χ2v) is 16.5. The van der Waals surface area contributed by atoms with E-state index < -0.39 is 72.2 Å². The first kappa shape index (κ1) is 44.7. The molecule has 4 aliphatic rings. The number of nitriles is 1. The molecule has 5 amide bonds. The van der Waals surface area contributed by atoms with Gasteiger partial charge in [0.05, 0.1) is 55.6 Å². The predicted octanol–water partition coefficient (Wildman–Crippen LogP) is 0.220. The number of aliphatic carboxylic acids is 2. The molecule has 1 aromatic heterocycles. The minimum atomic E-state index is -3.20. The van der Waals surface area contributed by atoms with Gasteiger partial charge in [0, 0.05) is 81.2 Å². The molecule has 1 unspecified atom stereocenters. The quantitative estimate of drug-likeness (QED) is 0.140. The molecule has 1 atom stereocenters. The Labute approximate surface area is 349 Å². The molecular weight excluding hydrogens is 802 g/mol. The highest BCUT2D eigenvalue weighted by molar-refractivity contribution is 6.10. The van der Waals surface area contributed by atoms with Gasteiger partial charge >= 0.3 is 11.9 Å². The lowest BCUT2D eigenvalue weighted by Crippen LogP contribution is -2.50. The molecule has 4 fully saturated rings. The fourth-order valence-corrected chi connectivity index (χ4v) is 8.95. The van der Waals surface area contributed by atoms with Crippen LogP contribution in [0.2, 0.25) is 0 Å². The number of alkyl halides is 2. The van der Waals surface area contributed by atoms with Crippen molar-refractivity contribution in [2.75, 3.05) is 77.3 Å². The fraction of sp³-hybridized carbons (Fsp3) is 0.575. The summed E-state index contributed by atoms with van der Waals surface area (Å²) in [6, 6.07) is 6.55. The number of carboxylic acid groups (broad SMARTS) is 2. The van der Waals surface area contributed by atoms with Crippen molar-refractivity contribution < 1.29 is 52.6 Å². The van der Waals surface area contributed by atoms with E-state index in [1.54, 1.807) is 34.1 Å². The van der Waals surface area contributed by atoms with E-state index in [1.807, 2.05) is 4.90 Å². The van der Waals surface area contributed by atoms with Crippen molar-refractivity contribution in [1.29, 1.82) is 5.26 Å². The highest BCUT2D eigenvalue weighted by Gasteiger charge is 2.55. The Morgan fingerprint density at radius 1 is 0.787 bits per heavy atom. The summed E-state index contributed by atoms with van der Waals surface area (Å²) in [5.74, 6) is -7.70. The van der Waals surface area contributed by atoms with E-state index in [2.05, 4.69) is 26.3 Å². The number of halogens is 2. The first-order chi connectivity index (χ1) is 29.0. The molecule has 2 saturated carbocycles. The minimum absolute atomic E-state index is 0.0505. The van der Waals surface area contributed by atoms with Gasteiger partial charge in [-0.3, -0.25) is 53.2 Å². The van der Waals surface area contributed by atoms with Crippen LogP contribution in [-0.4, -0.2) is 171 Å². The highest BCUT2D eigenvalue weighted by atomic mass is 19.3. The zero-order valence-corrected chi connectivity index (χ0v) is 33.6. The maximum Gasteiger partial charge on any atom is 0.317 e. The first-order valence-corrected chi connectivity index (χ1v) is 20.2. The van der Waals surface area contributed by atoms with Crippen molar-refractivity contribution >= 4 is 58.1 Å². The number of fused-ring (bicyclic) bond motifs is 3. The van der Waals surface area contributed by atoms with E-state index in [-0.39, 0.29) is 61.1 Å². The average molecular weight is 853 g/mol. The van der Waals surface area contributed by atoms with Crippen molar-refractivity contribution in [2.45, 2.75) is 74.4 Å². The number of amides is 5. The molecule has 2 bridgehead atoms. The van der Waals surface area contributed by atoms with Crippen molar-refractivity contribution in [3.05, 3.63) is 36.0 Å². The van der Waals surface area contributed by atoms with Crippen molar-refractivity contribution in [3.63, 3.8) is 0 Å². The van der Waals surface area contributed by atoms with Crippen LogP contribution in [0.1, 0.15) is 61.7 Å². The molecule has 328 valence electrons. The van der Waals surface area contributed by atoms with Gasteiger partial charge in [-0.1, -0.05) is 12.1 Å². The summed E-state index contributed by atoms with van der Waals surface area (Å²) in [6.07, 6.45) is 3.41. The molecule has 2 aliphatic carbocycles. The van der Waals surface area contributed by atoms with Gasteiger partial charge in [-0.15, -0.1) is 0 Å². The average Bonchev–Trinajstić information content (AvgIpc) is 3.86. The number of anilines is 1. The maximum atomic E-state index is 13.8. The number of nitrogens with zero attached hydrogens (tertiary/aromatic N) is 6. The van der Waals surface area contributed by atoms with Gasteiger partial charge in [-0.2, -0.15) is 5.26 Å². The summed E-state index contributed by atoms with van der Waals surface area (Å²) < 4.78 is 27.6. The van der Waals surface area contributed by atoms with E-state index in [0.717, 1.165) is 4.90 Å². The Morgan fingerprint density at radius 2 is 1.34 bits per heavy atom. The van der Waals surface area contributed by atoms with Gasteiger partial charge in [0.1, 0.15) is 6.04 Å². The molecule has 0 radical (unpaired) electrons. The summed E-state index contributed by atoms with van der Waals surface area (Å²) in [6.45, 7) is 0.603. The second kappa shape index (κ2) is 18.8. The third-order valence-corrected chi connectivity index (χ3v) is 11.9. The smallest absolute Gasteiger partial charge is 0.317 e. The lowest BCUT2D eigenvalue weighted by Gasteiger charge is -2.30. The van der Waals surface area contributed by atoms with Crippen LogP contribution in [0.5, 0.6) is 0 Å². The highest BCUT2D eigenvalue weighted by Crippen LogP contribution is 2.50. The van der Waals surface area contributed by atoms with Gasteiger partial charge < -0.3 is 36.4 Å². The third kappa shape index (κ3) is 11.5. The molecule has 6 N–H and O–H groups in total. The van der Waals surface area contributed by atoms with E-state index in [1.165, 1.54) is 12.3 Å². The molecule has 21 heteroatoms. The van der Waals surface area contributed by atoms with Crippen LogP contribution in [0.3, 0.4) is 0 Å².